The zero-order chi connectivity index (χ0) is 60.3. The molecule has 76 heavy (non-hydrogen) atoms. The van der Waals surface area contributed by atoms with Crippen LogP contribution >= 0.6 is 11.6 Å². The average molecular weight is 1100 g/mol. The number of carbonyl (C=O) groups is 9. The maximum Gasteiger partial charge on any atom is 0.401 e. The lowest BCUT2D eigenvalue weighted by Gasteiger charge is -2.40. The second kappa shape index (κ2) is 34.2. The first-order chi connectivity index (χ1) is 34.4. The first-order valence-corrected chi connectivity index (χ1v) is 27.6. The molecule has 15 heteroatoms. The van der Waals surface area contributed by atoms with Crippen molar-refractivity contribution in [1.29, 1.82) is 0 Å². The van der Waals surface area contributed by atoms with Gasteiger partial charge in [-0.3, -0.25) is 43.2 Å². The summed E-state index contributed by atoms with van der Waals surface area (Å²) in [6, 6.07) is 10.2. The maximum atomic E-state index is 12.2. The topological polar surface area (TPSA) is 175 Å². The van der Waals surface area contributed by atoms with Crippen LogP contribution in [0.5, 0.6) is 0 Å². The fraction of sp³-hybridized carbons (Fsp3) is 0.754. The van der Waals surface area contributed by atoms with Gasteiger partial charge in [0.2, 0.25) is 5.91 Å². The average Bonchev–Trinajstić information content (AvgIpc) is 3.26. The van der Waals surface area contributed by atoms with Gasteiger partial charge in [-0.05, 0) is 139 Å². The highest BCUT2D eigenvalue weighted by Gasteiger charge is 2.61. The van der Waals surface area contributed by atoms with Crippen LogP contribution < -0.4 is 5.32 Å². The van der Waals surface area contributed by atoms with E-state index in [1.54, 1.807) is 55.4 Å². The maximum absolute atomic E-state index is 12.2. The fourth-order valence-electron chi connectivity index (χ4n) is 7.32. The summed E-state index contributed by atoms with van der Waals surface area (Å²) in [5, 5.41) is 2.53. The van der Waals surface area contributed by atoms with Crippen LogP contribution in [0, 0.1) is 27.6 Å². The lowest BCUT2D eigenvalue weighted by Crippen LogP contribution is -2.49. The summed E-state index contributed by atoms with van der Waals surface area (Å²) in [5.41, 5.74) is -2.75. The van der Waals surface area contributed by atoms with Crippen molar-refractivity contribution < 1.29 is 61.1 Å². The van der Waals surface area contributed by atoms with Gasteiger partial charge in [0.15, 0.2) is 11.6 Å². The second-order valence-corrected chi connectivity index (χ2v) is 24.3. The molecule has 0 heterocycles. The predicted molar refractivity (Wildman–Crippen MR) is 300 cm³/mol. The molecule has 4 saturated carbocycles. The van der Waals surface area contributed by atoms with Crippen molar-refractivity contribution >= 4 is 63.8 Å². The van der Waals surface area contributed by atoms with Crippen LogP contribution in [0.3, 0.4) is 0 Å². The first kappa shape index (κ1) is 76.3. The minimum Gasteiger partial charge on any atom is -0.371 e. The van der Waals surface area contributed by atoms with Crippen molar-refractivity contribution in [2.45, 2.75) is 257 Å². The van der Waals surface area contributed by atoms with E-state index in [1.807, 2.05) is 52.8 Å². The monoisotopic (exact) mass is 1100 g/mol. The van der Waals surface area contributed by atoms with Crippen LogP contribution in [0.25, 0.3) is 0 Å². The standard InChI is InChI=1S/C12H14O.C11H20O.C7H9F3O.C7H13NO2.C6H11ClO.C6H12O2.C6H10O.C6H12O/c1-10(13)12(8-5-9-12)11-6-3-2-4-7-11;1-9(12)11(2,3)10-7-5-4-6-8-10;1-5(11)6(3-2-4-6)7(8,9)10;1-5(9)7(3,4)8-6(2)10;1-5(8)6(2,3)4-7;1-5(7)6(2,3)8-4;7-6-4-2-1-3-5-6;1-5(7)6(2,3)4/h2-4,6-7H,5,8-9H2,1H3;10H,4-8H2,1-3H3;2-4H2,1H3;1-4H3,(H,8,10);4H2,1-3H3;1-4H3;1-5H2;1-4H3. The van der Waals surface area contributed by atoms with Gasteiger partial charge in [-0.2, -0.15) is 13.2 Å². The Balaban J connectivity index is -0.000000810. The van der Waals surface area contributed by atoms with Crippen LogP contribution in [-0.4, -0.2) is 82.5 Å². The number of rotatable bonds is 11. The number of ketones is 8. The Labute approximate surface area is 461 Å². The van der Waals surface area contributed by atoms with Crippen LogP contribution in [0.2, 0.25) is 0 Å². The Morgan fingerprint density at radius 2 is 1.00 bits per heavy atom. The zero-order valence-electron chi connectivity index (χ0n) is 50.6. The Kier molecular flexibility index (Phi) is 34.3. The molecule has 0 aliphatic heterocycles. The fourth-order valence-corrected chi connectivity index (χ4v) is 7.51. The van der Waals surface area contributed by atoms with Gasteiger partial charge in [0, 0.05) is 49.0 Å². The van der Waals surface area contributed by atoms with E-state index in [-0.39, 0.29) is 63.5 Å². The molecule has 0 saturated heterocycles. The summed E-state index contributed by atoms with van der Waals surface area (Å²) in [7, 11) is 1.53. The number of hydrogen-bond donors (Lipinski definition) is 1. The minimum atomic E-state index is -4.34. The molecule has 1 aromatic carbocycles. The van der Waals surface area contributed by atoms with Crippen LogP contribution in [0.4, 0.5) is 13.2 Å². The van der Waals surface area contributed by atoms with Gasteiger partial charge in [-0.15, -0.1) is 11.6 Å². The van der Waals surface area contributed by atoms with Crippen molar-refractivity contribution in [3.63, 3.8) is 0 Å². The smallest absolute Gasteiger partial charge is 0.371 e. The number of Topliss-reactive ketones (excluding diaryl/α,β-unsaturated/α-hetero) is 8. The molecule has 4 aliphatic rings. The van der Waals surface area contributed by atoms with Crippen molar-refractivity contribution in [1.82, 2.24) is 5.32 Å². The molecule has 0 atom stereocenters. The van der Waals surface area contributed by atoms with E-state index >= 15 is 0 Å². The van der Waals surface area contributed by atoms with Crippen molar-refractivity contribution in [2.24, 2.45) is 27.6 Å². The number of benzene rings is 1. The Morgan fingerprint density at radius 1 is 0.579 bits per heavy atom. The number of amides is 1. The Morgan fingerprint density at radius 3 is 1.17 bits per heavy atom. The second-order valence-electron chi connectivity index (χ2n) is 24.1. The molecule has 0 aromatic heterocycles. The van der Waals surface area contributed by atoms with Gasteiger partial charge < -0.3 is 10.1 Å². The van der Waals surface area contributed by atoms with Crippen LogP contribution in [0.1, 0.15) is 240 Å². The third kappa shape index (κ3) is 27.6. The molecule has 1 N–H and O–H groups in total. The van der Waals surface area contributed by atoms with Gasteiger partial charge >= 0.3 is 6.18 Å². The number of halogens is 4. The number of carbonyl (C=O) groups excluding carboxylic acids is 9. The number of alkyl halides is 4. The summed E-state index contributed by atoms with van der Waals surface area (Å²) < 4.78 is 41.4. The van der Waals surface area contributed by atoms with E-state index in [2.05, 4.69) is 31.3 Å². The third-order valence-electron chi connectivity index (χ3n) is 15.6. The van der Waals surface area contributed by atoms with E-state index in [9.17, 15) is 56.3 Å². The molecule has 4 aliphatic carbocycles. The van der Waals surface area contributed by atoms with Gasteiger partial charge in [0.25, 0.3) is 0 Å². The molecular formula is C61H101ClF3NO10. The molecule has 438 valence electrons. The van der Waals surface area contributed by atoms with Crippen LogP contribution in [0.15, 0.2) is 30.3 Å². The highest BCUT2D eigenvalue weighted by Crippen LogP contribution is 2.53. The molecule has 0 radical (unpaired) electrons. The Bertz CT molecular complexity index is 1970. The van der Waals surface area contributed by atoms with Gasteiger partial charge in [-0.25, -0.2) is 0 Å². The molecule has 11 nitrogen and oxygen atoms in total. The first-order valence-electron chi connectivity index (χ1n) is 27.0. The zero-order valence-corrected chi connectivity index (χ0v) is 51.3. The Hall–Kier alpha value is -3.91. The van der Waals surface area contributed by atoms with E-state index in [0.29, 0.717) is 35.6 Å². The molecule has 1 amide bonds. The lowest BCUT2D eigenvalue weighted by molar-refractivity contribution is -0.241. The summed E-state index contributed by atoms with van der Waals surface area (Å²) >= 11 is 5.47. The van der Waals surface area contributed by atoms with Crippen LogP contribution in [-0.2, 0) is 53.3 Å². The summed E-state index contributed by atoms with van der Waals surface area (Å²) in [6.45, 7) is 32.5. The largest absolute Gasteiger partial charge is 0.401 e. The summed E-state index contributed by atoms with van der Waals surface area (Å²) in [6.07, 6.45) is 11.1. The van der Waals surface area contributed by atoms with E-state index < -0.39 is 28.5 Å². The number of ether oxygens (including phenoxy) is 1. The number of nitrogens with one attached hydrogen (secondary N) is 1. The molecule has 0 spiro atoms. The quantitative estimate of drug-likeness (QED) is 0.210. The highest BCUT2D eigenvalue weighted by molar-refractivity contribution is 6.19. The molecule has 1 aromatic rings. The van der Waals surface area contributed by atoms with Crippen molar-refractivity contribution in [3.8, 4) is 0 Å². The third-order valence-corrected chi connectivity index (χ3v) is 16.3. The SMILES string of the molecule is CC(=O)C(C)(C)C.CC(=O)C(C)(C)C1CCCCC1.CC(=O)C(C)(C)CCl.CC(=O)C1(C(F)(F)F)CCC1.CC(=O)C1(c2ccccc2)CCC1.CC(=O)NC(C)(C)C(C)=O.COC(C)(C)C(C)=O.O=C1CCCCC1. The summed E-state index contributed by atoms with van der Waals surface area (Å²) in [4.78, 5) is 97.0. The molecule has 5 rings (SSSR count). The van der Waals surface area contributed by atoms with Crippen molar-refractivity contribution in [2.75, 3.05) is 13.0 Å². The van der Waals surface area contributed by atoms with Gasteiger partial charge in [-0.1, -0.05) is 117 Å². The molecule has 0 unspecified atom stereocenters. The number of methoxy groups -OCH3 is 1. The normalized spacial score (nSPS) is 16.8. The van der Waals surface area contributed by atoms with E-state index in [4.69, 9.17) is 16.3 Å². The van der Waals surface area contributed by atoms with E-state index in [0.717, 1.165) is 45.4 Å². The minimum absolute atomic E-state index is 0.0220. The molecular weight excluding hydrogens is 999 g/mol. The number of hydrogen-bond acceptors (Lipinski definition) is 10. The highest BCUT2D eigenvalue weighted by atomic mass is 35.5. The molecule has 0 bridgehead atoms. The summed E-state index contributed by atoms with van der Waals surface area (Å²) in [5.74, 6) is 1.68. The lowest BCUT2D eigenvalue weighted by atomic mass is 9.62. The predicted octanol–water partition coefficient (Wildman–Crippen LogP) is 14.7. The van der Waals surface area contributed by atoms with Gasteiger partial charge in [0.1, 0.15) is 45.7 Å². The van der Waals surface area contributed by atoms with Crippen molar-refractivity contribution in [3.05, 3.63) is 35.9 Å². The van der Waals surface area contributed by atoms with E-state index in [1.165, 1.54) is 78.4 Å². The van der Waals surface area contributed by atoms with Gasteiger partial charge in [0.05, 0.1) is 11.0 Å². The molecule has 4 fully saturated rings.